The van der Waals surface area contributed by atoms with Crippen LogP contribution < -0.4 is 0 Å². The number of halogens is 3. The predicted molar refractivity (Wildman–Crippen MR) is 106 cm³/mol. The molecule has 9 atom stereocenters. The van der Waals surface area contributed by atoms with Crippen LogP contribution in [-0.4, -0.2) is 29.7 Å². The van der Waals surface area contributed by atoms with Crippen LogP contribution in [0.1, 0.15) is 84.0 Å². The first-order chi connectivity index (χ1) is 13.4. The second-order valence-corrected chi connectivity index (χ2v) is 11.1. The molecule has 160 valence electrons. The summed E-state index contributed by atoms with van der Waals surface area (Å²) in [7, 11) is 0. The molecule has 1 saturated heterocycles. The van der Waals surface area contributed by atoms with E-state index < -0.39 is 12.1 Å². The topological polar surface area (TPSA) is 3.24 Å². The third kappa shape index (κ3) is 3.34. The van der Waals surface area contributed by atoms with E-state index in [1.54, 1.807) is 0 Å². The fourth-order valence-electron chi connectivity index (χ4n) is 8.63. The van der Waals surface area contributed by atoms with E-state index >= 15 is 0 Å². The summed E-state index contributed by atoms with van der Waals surface area (Å²) in [6.07, 6.45) is 9.59. The van der Waals surface area contributed by atoms with Crippen molar-refractivity contribution in [2.24, 2.45) is 41.4 Å². The third-order valence-electron chi connectivity index (χ3n) is 9.70. The normalized spacial score (nSPS) is 49.5. The number of likely N-dealkylation sites (tertiary alicyclic amines) is 1. The highest BCUT2D eigenvalue weighted by Crippen LogP contribution is 2.59. The first-order valence-corrected chi connectivity index (χ1v) is 12.3. The highest BCUT2D eigenvalue weighted by Gasteiger charge is 2.59. The Morgan fingerprint density at radius 2 is 1.54 bits per heavy atom. The van der Waals surface area contributed by atoms with Crippen LogP contribution in [0.5, 0.6) is 0 Å². The minimum absolute atomic E-state index is 0.157. The van der Waals surface area contributed by atoms with Gasteiger partial charge in [0.05, 0.1) is 5.92 Å². The molecule has 28 heavy (non-hydrogen) atoms. The molecule has 0 spiro atoms. The van der Waals surface area contributed by atoms with Crippen LogP contribution >= 0.6 is 0 Å². The van der Waals surface area contributed by atoms with Crippen molar-refractivity contribution in [3.05, 3.63) is 0 Å². The van der Waals surface area contributed by atoms with E-state index in [4.69, 9.17) is 0 Å². The largest absolute Gasteiger partial charge is 0.392 e. The lowest BCUT2D eigenvalue weighted by Gasteiger charge is -2.42. The zero-order valence-corrected chi connectivity index (χ0v) is 17.5. The van der Waals surface area contributed by atoms with Crippen LogP contribution in [0, 0.1) is 41.4 Å². The average molecular weight is 398 g/mol. The van der Waals surface area contributed by atoms with E-state index in [0.717, 1.165) is 55.4 Å². The maximum absolute atomic E-state index is 13.7. The Labute approximate surface area is 168 Å². The molecule has 4 heteroatoms. The Balaban J connectivity index is 1.40. The van der Waals surface area contributed by atoms with E-state index in [-0.39, 0.29) is 5.92 Å². The van der Waals surface area contributed by atoms with Crippen LogP contribution in [-0.2, 0) is 0 Å². The lowest BCUT2D eigenvalue weighted by molar-refractivity contribution is -0.198. The summed E-state index contributed by atoms with van der Waals surface area (Å²) in [5, 5.41) is 0. The van der Waals surface area contributed by atoms with Gasteiger partial charge < -0.3 is 0 Å². The van der Waals surface area contributed by atoms with Crippen LogP contribution in [0.3, 0.4) is 0 Å². The molecule has 0 bridgehead atoms. The lowest BCUT2D eigenvalue weighted by Crippen LogP contribution is -2.46. The summed E-state index contributed by atoms with van der Waals surface area (Å²) in [5.41, 5.74) is 0. The molecule has 9 unspecified atom stereocenters. The van der Waals surface area contributed by atoms with E-state index in [1.807, 2.05) is 0 Å². The van der Waals surface area contributed by atoms with Gasteiger partial charge >= 0.3 is 6.18 Å². The lowest BCUT2D eigenvalue weighted by atomic mass is 9.68. The van der Waals surface area contributed by atoms with Gasteiger partial charge in [0.25, 0.3) is 0 Å². The van der Waals surface area contributed by atoms with Gasteiger partial charge in [0, 0.05) is 18.6 Å². The smallest absolute Gasteiger partial charge is 0.297 e. The van der Waals surface area contributed by atoms with Gasteiger partial charge in [-0.05, 0) is 80.5 Å². The molecule has 0 amide bonds. The van der Waals surface area contributed by atoms with Gasteiger partial charge in [0.2, 0.25) is 0 Å². The Morgan fingerprint density at radius 3 is 2.36 bits per heavy atom. The standard InChI is InChI=1S/C24H38F3N/c1-15-10-11-21-19(12-15)23-18-8-4-2-6-16(18)13-22(23)28(21)14-17-7-3-5-9-20(17)24(25,26)27/h15-23H,2-14H2,1H3. The van der Waals surface area contributed by atoms with Crippen molar-refractivity contribution in [3.8, 4) is 0 Å². The molecule has 1 heterocycles. The molecule has 4 aliphatic carbocycles. The summed E-state index contributed by atoms with van der Waals surface area (Å²) >= 11 is 0. The molecule has 0 N–H and O–H groups in total. The van der Waals surface area contributed by atoms with Crippen molar-refractivity contribution >= 4 is 0 Å². The second-order valence-electron chi connectivity index (χ2n) is 11.1. The van der Waals surface area contributed by atoms with Gasteiger partial charge in [-0.2, -0.15) is 13.2 Å². The maximum atomic E-state index is 13.7. The van der Waals surface area contributed by atoms with Gasteiger partial charge in [-0.25, -0.2) is 0 Å². The van der Waals surface area contributed by atoms with E-state index in [9.17, 15) is 13.2 Å². The van der Waals surface area contributed by atoms with Crippen LogP contribution in [0.25, 0.3) is 0 Å². The van der Waals surface area contributed by atoms with Crippen molar-refractivity contribution in [2.45, 2.75) is 102 Å². The summed E-state index contributed by atoms with van der Waals surface area (Å²) in [6.45, 7) is 3.14. The monoisotopic (exact) mass is 397 g/mol. The number of alkyl halides is 3. The van der Waals surface area contributed by atoms with Crippen molar-refractivity contribution in [2.75, 3.05) is 6.54 Å². The van der Waals surface area contributed by atoms with Gasteiger partial charge in [-0.3, -0.25) is 4.90 Å². The Morgan fingerprint density at radius 1 is 0.786 bits per heavy atom. The third-order valence-corrected chi connectivity index (χ3v) is 9.70. The van der Waals surface area contributed by atoms with E-state index in [0.29, 0.717) is 18.5 Å². The van der Waals surface area contributed by atoms with Crippen molar-refractivity contribution in [1.29, 1.82) is 0 Å². The zero-order valence-electron chi connectivity index (χ0n) is 17.5. The molecule has 1 nitrogen and oxygen atoms in total. The maximum Gasteiger partial charge on any atom is 0.392 e. The molecule has 5 aliphatic rings. The van der Waals surface area contributed by atoms with Gasteiger partial charge in [-0.1, -0.05) is 39.0 Å². The molecule has 5 rings (SSSR count). The summed E-state index contributed by atoms with van der Waals surface area (Å²) in [6, 6.07) is 1.19. The average Bonchev–Trinajstić information content (AvgIpc) is 3.17. The molecule has 0 aromatic carbocycles. The number of hydrogen-bond donors (Lipinski definition) is 0. The van der Waals surface area contributed by atoms with E-state index in [2.05, 4.69) is 11.8 Å². The Kier molecular flexibility index (Phi) is 5.25. The quantitative estimate of drug-likeness (QED) is 0.503. The first kappa shape index (κ1) is 19.7. The molecule has 0 aromatic heterocycles. The molecule has 5 fully saturated rings. The van der Waals surface area contributed by atoms with Gasteiger partial charge in [0.1, 0.15) is 0 Å². The fourth-order valence-corrected chi connectivity index (χ4v) is 8.63. The number of rotatable bonds is 2. The van der Waals surface area contributed by atoms with Gasteiger partial charge in [0.15, 0.2) is 0 Å². The van der Waals surface area contributed by atoms with Crippen LogP contribution in [0.15, 0.2) is 0 Å². The summed E-state index contributed by atoms with van der Waals surface area (Å²) in [5.74, 6) is 2.92. The predicted octanol–water partition coefficient (Wildman–Crippen LogP) is 6.67. The summed E-state index contributed by atoms with van der Waals surface area (Å²) < 4.78 is 41.2. The van der Waals surface area contributed by atoms with Gasteiger partial charge in [-0.15, -0.1) is 0 Å². The molecule has 1 aliphatic heterocycles. The van der Waals surface area contributed by atoms with Crippen LogP contribution in [0.2, 0.25) is 0 Å². The van der Waals surface area contributed by atoms with Crippen molar-refractivity contribution in [1.82, 2.24) is 4.90 Å². The Hall–Kier alpha value is -0.250. The van der Waals surface area contributed by atoms with Crippen molar-refractivity contribution in [3.63, 3.8) is 0 Å². The molecule has 0 aromatic rings. The highest BCUT2D eigenvalue weighted by molar-refractivity contribution is 5.10. The molecule has 0 radical (unpaired) electrons. The number of nitrogens with zero attached hydrogens (tertiary/aromatic N) is 1. The molecular formula is C24H38F3N. The number of fused-ring (bicyclic) bond motifs is 5. The first-order valence-electron chi connectivity index (χ1n) is 12.3. The minimum Gasteiger partial charge on any atom is -0.297 e. The number of hydrogen-bond acceptors (Lipinski definition) is 1. The molecule has 4 saturated carbocycles. The molecular weight excluding hydrogens is 359 g/mol. The van der Waals surface area contributed by atoms with E-state index in [1.165, 1.54) is 51.4 Å². The highest BCUT2D eigenvalue weighted by atomic mass is 19.4. The zero-order chi connectivity index (χ0) is 19.5. The Bertz CT molecular complexity index is 561. The SMILES string of the molecule is CC1CCC2C(C1)C1C3CCCCC3CC1N2CC1CCCCC1C(F)(F)F. The second kappa shape index (κ2) is 7.46. The minimum atomic E-state index is -4.01. The van der Waals surface area contributed by atoms with Crippen molar-refractivity contribution < 1.29 is 13.2 Å². The summed E-state index contributed by atoms with van der Waals surface area (Å²) in [4.78, 5) is 2.69. The van der Waals surface area contributed by atoms with Crippen LogP contribution in [0.4, 0.5) is 13.2 Å². The fraction of sp³-hybridized carbons (Fsp3) is 1.00.